The molecule has 0 spiro atoms. The van der Waals surface area contributed by atoms with Crippen LogP contribution in [0.3, 0.4) is 0 Å². The lowest BCUT2D eigenvalue weighted by Gasteiger charge is -2.35. The van der Waals surface area contributed by atoms with Crippen LogP contribution in [0.2, 0.25) is 0 Å². The van der Waals surface area contributed by atoms with E-state index in [1.165, 1.54) is 88.3 Å². The molecular weight excluding hydrogens is 711 g/mol. The molecule has 0 fully saturated rings. The Labute approximate surface area is 345 Å². The maximum Gasteiger partial charge on any atom is 0.0714 e. The highest BCUT2D eigenvalue weighted by Crippen LogP contribution is 2.57. The predicted molar refractivity (Wildman–Crippen MR) is 247 cm³/mol. The van der Waals surface area contributed by atoms with E-state index >= 15 is 0 Å². The van der Waals surface area contributed by atoms with Crippen molar-refractivity contribution < 1.29 is 0 Å². The van der Waals surface area contributed by atoms with E-state index in [2.05, 4.69) is 229 Å². The first-order valence-corrected chi connectivity index (χ1v) is 20.6. The van der Waals surface area contributed by atoms with E-state index in [0.29, 0.717) is 0 Å². The van der Waals surface area contributed by atoms with Crippen LogP contribution in [0.15, 0.2) is 224 Å². The first-order chi connectivity index (χ1) is 29.3. The number of hydrogen-bond acceptors (Lipinski definition) is 1. The number of fused-ring (bicyclic) bond motifs is 6. The third-order valence-electron chi connectivity index (χ3n) is 12.9. The van der Waals surface area contributed by atoms with Gasteiger partial charge in [0.15, 0.2) is 0 Å². The number of benzene rings is 10. The van der Waals surface area contributed by atoms with Crippen molar-refractivity contribution in [3.05, 3.63) is 258 Å². The summed E-state index contributed by atoms with van der Waals surface area (Å²) in [6.07, 6.45) is 0.963. The first kappa shape index (κ1) is 33.6. The van der Waals surface area contributed by atoms with Gasteiger partial charge in [0.05, 0.1) is 11.1 Å². The lowest BCUT2D eigenvalue weighted by atomic mass is 9.67. The fourth-order valence-electron chi connectivity index (χ4n) is 10.4. The molecule has 0 radical (unpaired) electrons. The molecule has 0 heterocycles. The van der Waals surface area contributed by atoms with Gasteiger partial charge in [-0.25, -0.2) is 0 Å². The van der Waals surface area contributed by atoms with Crippen molar-refractivity contribution in [3.8, 4) is 33.4 Å². The van der Waals surface area contributed by atoms with Gasteiger partial charge < -0.3 is 4.90 Å². The van der Waals surface area contributed by atoms with Crippen LogP contribution >= 0.6 is 0 Å². The maximum absolute atomic E-state index is 2.47. The van der Waals surface area contributed by atoms with E-state index in [0.717, 1.165) is 23.5 Å². The van der Waals surface area contributed by atoms with Crippen molar-refractivity contribution >= 4 is 38.6 Å². The molecule has 0 amide bonds. The smallest absolute Gasteiger partial charge is 0.0714 e. The van der Waals surface area contributed by atoms with Gasteiger partial charge in [-0.05, 0) is 126 Å². The highest BCUT2D eigenvalue weighted by molar-refractivity contribution is 6.03. The number of hydrogen-bond donors (Lipinski definition) is 0. The molecule has 1 heteroatoms. The first-order valence-electron chi connectivity index (χ1n) is 20.6. The standard InChI is InChI=1S/C58H39N/c1-3-19-45(20-4-1)58(46-21-5-2-6-22-46)54-26-10-9-24-50(54)51-35-34-48(38-55(51)58)59(56-27-13-15-40-14-7-8-23-49(40)56)47-32-30-39(31-33-47)42-28-29-43-36-44-18-11-16-41-17-12-25-52(57(41)44)53(43)37-42/h1-35,37-38H,36H2. The van der Waals surface area contributed by atoms with E-state index in [1.54, 1.807) is 0 Å². The van der Waals surface area contributed by atoms with Crippen LogP contribution in [0, 0.1) is 0 Å². The molecule has 12 rings (SSSR count). The summed E-state index contributed by atoms with van der Waals surface area (Å²) in [5, 5.41) is 5.13. The van der Waals surface area contributed by atoms with E-state index in [9.17, 15) is 0 Å². The highest BCUT2D eigenvalue weighted by atomic mass is 15.1. The average molecular weight is 750 g/mol. The average Bonchev–Trinajstić information content (AvgIpc) is 3.60. The third kappa shape index (κ3) is 5.11. The fraction of sp³-hybridized carbons (Fsp3) is 0.0345. The van der Waals surface area contributed by atoms with Gasteiger partial charge in [0.1, 0.15) is 0 Å². The molecule has 0 aromatic heterocycles. The second-order valence-electron chi connectivity index (χ2n) is 16.0. The Morgan fingerprint density at radius 1 is 0.356 bits per heavy atom. The van der Waals surface area contributed by atoms with Gasteiger partial charge in [0.2, 0.25) is 0 Å². The maximum atomic E-state index is 2.47. The van der Waals surface area contributed by atoms with Crippen molar-refractivity contribution in [1.29, 1.82) is 0 Å². The van der Waals surface area contributed by atoms with Gasteiger partial charge in [-0.3, -0.25) is 0 Å². The van der Waals surface area contributed by atoms with E-state index in [1.807, 2.05) is 0 Å². The largest absolute Gasteiger partial charge is 0.310 e. The summed E-state index contributed by atoms with van der Waals surface area (Å²) in [5.74, 6) is 0. The van der Waals surface area contributed by atoms with Crippen LogP contribution in [0.5, 0.6) is 0 Å². The summed E-state index contributed by atoms with van der Waals surface area (Å²) in [6, 6.07) is 83.4. The molecule has 0 aliphatic heterocycles. The summed E-state index contributed by atoms with van der Waals surface area (Å²) in [5.41, 5.74) is 18.5. The molecule has 10 aromatic carbocycles. The Morgan fingerprint density at radius 3 is 1.78 bits per heavy atom. The highest BCUT2D eigenvalue weighted by Gasteiger charge is 2.46. The lowest BCUT2D eigenvalue weighted by Crippen LogP contribution is -2.28. The zero-order chi connectivity index (χ0) is 38.9. The van der Waals surface area contributed by atoms with Gasteiger partial charge in [0.25, 0.3) is 0 Å². The molecule has 0 saturated carbocycles. The summed E-state index contributed by atoms with van der Waals surface area (Å²) < 4.78 is 0. The van der Waals surface area contributed by atoms with Crippen molar-refractivity contribution in [3.63, 3.8) is 0 Å². The van der Waals surface area contributed by atoms with Gasteiger partial charge >= 0.3 is 0 Å². The van der Waals surface area contributed by atoms with Crippen LogP contribution < -0.4 is 4.90 Å². The third-order valence-corrected chi connectivity index (χ3v) is 12.9. The van der Waals surface area contributed by atoms with Crippen LogP contribution in [0.1, 0.15) is 33.4 Å². The van der Waals surface area contributed by atoms with Crippen molar-refractivity contribution in [2.24, 2.45) is 0 Å². The van der Waals surface area contributed by atoms with Crippen molar-refractivity contribution in [2.45, 2.75) is 11.8 Å². The summed E-state index contributed by atoms with van der Waals surface area (Å²) in [4.78, 5) is 2.46. The van der Waals surface area contributed by atoms with Gasteiger partial charge in [-0.2, -0.15) is 0 Å². The molecule has 1 nitrogen and oxygen atoms in total. The second kappa shape index (κ2) is 13.3. The molecule has 2 aliphatic carbocycles. The fourth-order valence-corrected chi connectivity index (χ4v) is 10.4. The molecule has 10 aromatic rings. The Balaban J connectivity index is 1.04. The minimum absolute atomic E-state index is 0.490. The van der Waals surface area contributed by atoms with Crippen LogP contribution in [-0.4, -0.2) is 0 Å². The SMILES string of the molecule is c1ccc(C2(c3ccccc3)c3ccccc3-c3ccc(N(c4ccc(-c5ccc6c(c5)-c5cccc7cccc(c57)C6)cc4)c4cccc5ccccc45)cc32)cc1. The number of nitrogens with zero attached hydrogens (tertiary/aromatic N) is 1. The van der Waals surface area contributed by atoms with E-state index in [4.69, 9.17) is 0 Å². The molecule has 276 valence electrons. The van der Waals surface area contributed by atoms with Crippen molar-refractivity contribution in [1.82, 2.24) is 0 Å². The predicted octanol–water partition coefficient (Wildman–Crippen LogP) is 15.1. The van der Waals surface area contributed by atoms with Crippen LogP contribution in [0.4, 0.5) is 17.1 Å². The molecule has 0 bridgehead atoms. The van der Waals surface area contributed by atoms with E-state index in [-0.39, 0.29) is 0 Å². The van der Waals surface area contributed by atoms with Crippen LogP contribution in [-0.2, 0) is 11.8 Å². The molecule has 2 aliphatic rings. The van der Waals surface area contributed by atoms with Gasteiger partial charge in [-0.15, -0.1) is 0 Å². The summed E-state index contributed by atoms with van der Waals surface area (Å²) in [6.45, 7) is 0. The topological polar surface area (TPSA) is 3.24 Å². The molecule has 0 saturated heterocycles. The quantitative estimate of drug-likeness (QED) is 0.164. The molecule has 59 heavy (non-hydrogen) atoms. The van der Waals surface area contributed by atoms with Crippen LogP contribution in [0.25, 0.3) is 54.9 Å². The molecule has 0 atom stereocenters. The molecular formula is C58H39N. The molecule has 0 N–H and O–H groups in total. The van der Waals surface area contributed by atoms with E-state index < -0.39 is 5.41 Å². The van der Waals surface area contributed by atoms with Gasteiger partial charge in [-0.1, -0.05) is 188 Å². The zero-order valence-corrected chi connectivity index (χ0v) is 32.5. The zero-order valence-electron chi connectivity index (χ0n) is 32.5. The summed E-state index contributed by atoms with van der Waals surface area (Å²) in [7, 11) is 0. The Hall–Kier alpha value is -7.48. The Kier molecular flexibility index (Phi) is 7.58. The Bertz CT molecular complexity index is 3180. The lowest BCUT2D eigenvalue weighted by molar-refractivity contribution is 0.768. The summed E-state index contributed by atoms with van der Waals surface area (Å²) >= 11 is 0. The minimum atomic E-state index is -0.490. The van der Waals surface area contributed by atoms with Crippen molar-refractivity contribution in [2.75, 3.05) is 4.90 Å². The number of rotatable bonds is 6. The Morgan fingerprint density at radius 2 is 0.966 bits per heavy atom. The molecule has 0 unspecified atom stereocenters. The normalized spacial score (nSPS) is 13.2. The van der Waals surface area contributed by atoms with Gasteiger partial charge in [0, 0.05) is 16.8 Å². The minimum Gasteiger partial charge on any atom is -0.310 e. The number of anilines is 3. The second-order valence-corrected chi connectivity index (χ2v) is 16.0. The monoisotopic (exact) mass is 749 g/mol.